The van der Waals surface area contributed by atoms with Crippen LogP contribution in [-0.4, -0.2) is 32.7 Å². The monoisotopic (exact) mass is 322 g/mol. The van der Waals surface area contributed by atoms with Gasteiger partial charge in [-0.3, -0.25) is 4.79 Å². The lowest BCUT2D eigenvalue weighted by Crippen LogP contribution is -2.29. The van der Waals surface area contributed by atoms with E-state index in [9.17, 15) is 4.79 Å². The summed E-state index contributed by atoms with van der Waals surface area (Å²) in [4.78, 5) is 17.4. The third-order valence-corrected chi connectivity index (χ3v) is 5.02. The molecule has 1 saturated heterocycles. The molecule has 2 aliphatic rings. The van der Waals surface area contributed by atoms with Crippen molar-refractivity contribution in [2.45, 2.75) is 19.3 Å². The van der Waals surface area contributed by atoms with Crippen molar-refractivity contribution in [2.75, 3.05) is 36.5 Å². The fourth-order valence-electron chi connectivity index (χ4n) is 3.72. The van der Waals surface area contributed by atoms with Crippen LogP contribution in [0.4, 0.5) is 11.4 Å². The molecule has 0 N–H and O–H groups in total. The van der Waals surface area contributed by atoms with E-state index in [1.54, 1.807) is 7.11 Å². The summed E-state index contributed by atoms with van der Waals surface area (Å²) in [5, 5.41) is 0. The molecule has 0 saturated carbocycles. The van der Waals surface area contributed by atoms with Crippen LogP contribution in [0.15, 0.2) is 42.5 Å². The highest BCUT2D eigenvalue weighted by Gasteiger charge is 2.28. The van der Waals surface area contributed by atoms with Gasteiger partial charge in [-0.15, -0.1) is 0 Å². The fraction of sp³-hybridized carbons (Fsp3) is 0.350. The highest BCUT2D eigenvalue weighted by molar-refractivity contribution is 6.09. The van der Waals surface area contributed by atoms with Gasteiger partial charge >= 0.3 is 0 Å². The van der Waals surface area contributed by atoms with E-state index in [0.717, 1.165) is 31.7 Å². The van der Waals surface area contributed by atoms with Gasteiger partial charge in [-0.1, -0.05) is 18.2 Å². The largest absolute Gasteiger partial charge is 0.496 e. The Morgan fingerprint density at radius 2 is 1.83 bits per heavy atom. The average molecular weight is 322 g/mol. The van der Waals surface area contributed by atoms with Gasteiger partial charge in [-0.05, 0) is 49.1 Å². The van der Waals surface area contributed by atoms with E-state index in [4.69, 9.17) is 4.74 Å². The number of fused-ring (bicyclic) bond motifs is 1. The summed E-state index contributed by atoms with van der Waals surface area (Å²) in [6.45, 7) is 2.95. The SMILES string of the molecule is COc1ccccc1C(=O)N1CCc2ccc(N3CCCC3)cc21. The third kappa shape index (κ3) is 2.52. The van der Waals surface area contributed by atoms with E-state index in [1.807, 2.05) is 29.2 Å². The number of amides is 1. The minimum atomic E-state index is 0.0183. The van der Waals surface area contributed by atoms with Gasteiger partial charge in [-0.2, -0.15) is 0 Å². The second-order valence-corrected chi connectivity index (χ2v) is 6.41. The molecule has 0 radical (unpaired) electrons. The Hall–Kier alpha value is -2.49. The number of carbonyl (C=O) groups is 1. The zero-order valence-electron chi connectivity index (χ0n) is 14.0. The maximum absolute atomic E-state index is 13.1. The number of hydrogen-bond acceptors (Lipinski definition) is 3. The molecule has 0 unspecified atom stereocenters. The zero-order valence-corrected chi connectivity index (χ0v) is 14.0. The van der Waals surface area contributed by atoms with Crippen LogP contribution in [0.2, 0.25) is 0 Å². The number of ether oxygens (including phenoxy) is 1. The van der Waals surface area contributed by atoms with Crippen LogP contribution in [0.1, 0.15) is 28.8 Å². The summed E-state index contributed by atoms with van der Waals surface area (Å²) in [7, 11) is 1.61. The molecular formula is C20H22N2O2. The van der Waals surface area contributed by atoms with Gasteiger partial charge in [0.15, 0.2) is 0 Å². The Bertz CT molecular complexity index is 766. The van der Waals surface area contributed by atoms with Crippen molar-refractivity contribution in [1.82, 2.24) is 0 Å². The van der Waals surface area contributed by atoms with Crippen LogP contribution < -0.4 is 14.5 Å². The van der Waals surface area contributed by atoms with Crippen molar-refractivity contribution < 1.29 is 9.53 Å². The first-order chi connectivity index (χ1) is 11.8. The smallest absolute Gasteiger partial charge is 0.262 e. The average Bonchev–Trinajstić information content (AvgIpc) is 3.30. The predicted molar refractivity (Wildman–Crippen MR) is 96.3 cm³/mol. The van der Waals surface area contributed by atoms with Crippen molar-refractivity contribution in [2.24, 2.45) is 0 Å². The highest BCUT2D eigenvalue weighted by Crippen LogP contribution is 2.35. The third-order valence-electron chi connectivity index (χ3n) is 5.02. The Balaban J connectivity index is 1.67. The van der Waals surface area contributed by atoms with Gasteiger partial charge < -0.3 is 14.5 Å². The molecular weight excluding hydrogens is 300 g/mol. The second kappa shape index (κ2) is 6.19. The standard InChI is InChI=1S/C20H22N2O2/c1-24-19-7-3-2-6-17(19)20(23)22-13-10-15-8-9-16(14-18(15)22)21-11-4-5-12-21/h2-3,6-9,14H,4-5,10-13H2,1H3. The van der Waals surface area contributed by atoms with E-state index in [0.29, 0.717) is 11.3 Å². The van der Waals surface area contributed by atoms with Crippen LogP contribution >= 0.6 is 0 Å². The quantitative estimate of drug-likeness (QED) is 0.867. The van der Waals surface area contributed by atoms with Crippen molar-refractivity contribution in [3.8, 4) is 5.75 Å². The van der Waals surface area contributed by atoms with Gasteiger partial charge in [0.2, 0.25) is 0 Å². The van der Waals surface area contributed by atoms with Gasteiger partial charge in [0.25, 0.3) is 5.91 Å². The number of methoxy groups -OCH3 is 1. The molecule has 0 aromatic heterocycles. The maximum atomic E-state index is 13.1. The van der Waals surface area contributed by atoms with E-state index >= 15 is 0 Å². The summed E-state index contributed by atoms with van der Waals surface area (Å²) >= 11 is 0. The molecule has 1 fully saturated rings. The van der Waals surface area contributed by atoms with Gasteiger partial charge in [-0.25, -0.2) is 0 Å². The molecule has 124 valence electrons. The van der Waals surface area contributed by atoms with Crippen LogP contribution in [0.3, 0.4) is 0 Å². The van der Waals surface area contributed by atoms with Crippen molar-refractivity contribution >= 4 is 17.3 Å². The number of hydrogen-bond donors (Lipinski definition) is 0. The molecule has 0 bridgehead atoms. The molecule has 2 aromatic carbocycles. The molecule has 4 heteroatoms. The van der Waals surface area contributed by atoms with Crippen molar-refractivity contribution in [3.63, 3.8) is 0 Å². The first-order valence-electron chi connectivity index (χ1n) is 8.60. The summed E-state index contributed by atoms with van der Waals surface area (Å²) < 4.78 is 5.36. The van der Waals surface area contributed by atoms with Crippen LogP contribution in [-0.2, 0) is 6.42 Å². The lowest BCUT2D eigenvalue weighted by atomic mass is 10.1. The number of benzene rings is 2. The molecule has 0 spiro atoms. The van der Waals surface area contributed by atoms with Gasteiger partial charge in [0.1, 0.15) is 5.75 Å². The van der Waals surface area contributed by atoms with Gasteiger partial charge in [0.05, 0.1) is 12.7 Å². The zero-order chi connectivity index (χ0) is 16.5. The minimum absolute atomic E-state index is 0.0183. The Kier molecular flexibility index (Phi) is 3.89. The second-order valence-electron chi connectivity index (χ2n) is 6.41. The lowest BCUT2D eigenvalue weighted by Gasteiger charge is -2.22. The minimum Gasteiger partial charge on any atom is -0.496 e. The number of anilines is 2. The van der Waals surface area contributed by atoms with Crippen molar-refractivity contribution in [3.05, 3.63) is 53.6 Å². The van der Waals surface area contributed by atoms with Crippen LogP contribution in [0.5, 0.6) is 5.75 Å². The summed E-state index contributed by atoms with van der Waals surface area (Å²) in [5.74, 6) is 0.649. The maximum Gasteiger partial charge on any atom is 0.262 e. The van der Waals surface area contributed by atoms with E-state index in [2.05, 4.69) is 23.1 Å². The predicted octanol–water partition coefficient (Wildman–Crippen LogP) is 3.50. The number of nitrogens with zero attached hydrogens (tertiary/aromatic N) is 2. The first kappa shape index (κ1) is 15.1. The summed E-state index contributed by atoms with van der Waals surface area (Å²) in [6.07, 6.45) is 3.42. The molecule has 2 aromatic rings. The van der Waals surface area contributed by atoms with E-state index in [-0.39, 0.29) is 5.91 Å². The molecule has 1 amide bonds. The Morgan fingerprint density at radius 3 is 2.62 bits per heavy atom. The number of rotatable bonds is 3. The fourth-order valence-corrected chi connectivity index (χ4v) is 3.72. The lowest BCUT2D eigenvalue weighted by molar-refractivity contribution is 0.0986. The van der Waals surface area contributed by atoms with Crippen LogP contribution in [0.25, 0.3) is 0 Å². The molecule has 2 heterocycles. The summed E-state index contributed by atoms with van der Waals surface area (Å²) in [6, 6.07) is 14.0. The molecule has 0 aliphatic carbocycles. The highest BCUT2D eigenvalue weighted by atomic mass is 16.5. The first-order valence-corrected chi connectivity index (χ1v) is 8.60. The summed E-state index contributed by atoms with van der Waals surface area (Å²) in [5.41, 5.74) is 4.15. The molecule has 4 rings (SSSR count). The molecule has 0 atom stereocenters. The molecule has 24 heavy (non-hydrogen) atoms. The Morgan fingerprint density at radius 1 is 1.04 bits per heavy atom. The van der Waals surface area contributed by atoms with E-state index < -0.39 is 0 Å². The van der Waals surface area contributed by atoms with Gasteiger partial charge in [0, 0.05) is 31.0 Å². The normalized spacial score (nSPS) is 16.4. The Labute approximate surface area is 142 Å². The molecule has 2 aliphatic heterocycles. The number of carbonyl (C=O) groups excluding carboxylic acids is 1. The van der Waals surface area contributed by atoms with Crippen LogP contribution in [0, 0.1) is 0 Å². The molecule has 4 nitrogen and oxygen atoms in total. The van der Waals surface area contributed by atoms with E-state index in [1.165, 1.54) is 24.1 Å². The van der Waals surface area contributed by atoms with Crippen molar-refractivity contribution in [1.29, 1.82) is 0 Å². The topological polar surface area (TPSA) is 32.8 Å². The number of para-hydroxylation sites is 1.